The number of nitrogens with zero attached hydrogens (tertiary/aromatic N) is 1. The van der Waals surface area contributed by atoms with Gasteiger partial charge in [-0.15, -0.1) is 0 Å². The summed E-state index contributed by atoms with van der Waals surface area (Å²) in [6, 6.07) is 15.8. The smallest absolute Gasteiger partial charge is 0.258 e. The lowest BCUT2D eigenvalue weighted by Crippen LogP contribution is -2.56. The summed E-state index contributed by atoms with van der Waals surface area (Å²) in [5, 5.41) is 3.61. The zero-order chi connectivity index (χ0) is 22.1. The Hall–Kier alpha value is -2.53. The Kier molecular flexibility index (Phi) is 8.35. The molecule has 0 aromatic heterocycles. The minimum absolute atomic E-state index is 0.0420. The molecule has 31 heavy (non-hydrogen) atoms. The topological polar surface area (TPSA) is 50.8 Å². The van der Waals surface area contributed by atoms with E-state index < -0.39 is 5.66 Å². The quantitative estimate of drug-likeness (QED) is 0.437. The van der Waals surface area contributed by atoms with Crippen molar-refractivity contribution in [2.75, 3.05) is 32.2 Å². The van der Waals surface area contributed by atoms with Crippen LogP contribution in [0.1, 0.15) is 68.3 Å². The minimum atomic E-state index is -0.641. The van der Waals surface area contributed by atoms with E-state index in [1.807, 2.05) is 41.3 Å². The first-order valence-electron chi connectivity index (χ1n) is 11.5. The number of methoxy groups -OCH3 is 1. The highest BCUT2D eigenvalue weighted by atomic mass is 16.5. The van der Waals surface area contributed by atoms with Gasteiger partial charge in [-0.1, -0.05) is 56.9 Å². The molecule has 1 heterocycles. The van der Waals surface area contributed by atoms with Crippen LogP contribution in [0.5, 0.6) is 5.75 Å². The van der Waals surface area contributed by atoms with E-state index in [4.69, 9.17) is 9.47 Å². The number of fused-ring (bicyclic) bond motifs is 1. The molecule has 168 valence electrons. The summed E-state index contributed by atoms with van der Waals surface area (Å²) < 4.78 is 11.1. The van der Waals surface area contributed by atoms with Crippen LogP contribution in [-0.4, -0.2) is 37.7 Å². The number of unbranched alkanes of at least 4 members (excludes halogenated alkanes) is 4. The molecule has 0 bridgehead atoms. The van der Waals surface area contributed by atoms with Crippen LogP contribution in [0.2, 0.25) is 0 Å². The molecule has 0 saturated carbocycles. The van der Waals surface area contributed by atoms with Gasteiger partial charge in [-0.3, -0.25) is 4.79 Å². The normalized spacial score (nSPS) is 17.9. The van der Waals surface area contributed by atoms with Gasteiger partial charge in [0, 0.05) is 25.9 Å². The number of hydrogen-bond acceptors (Lipinski definition) is 4. The molecule has 2 aromatic carbocycles. The van der Waals surface area contributed by atoms with Gasteiger partial charge >= 0.3 is 0 Å². The Labute approximate surface area is 186 Å². The predicted octanol–water partition coefficient (Wildman–Crippen LogP) is 5.81. The Bertz CT molecular complexity index is 837. The fraction of sp³-hybridized carbons (Fsp3) is 0.500. The summed E-state index contributed by atoms with van der Waals surface area (Å²) in [7, 11) is 1.69. The van der Waals surface area contributed by atoms with Crippen LogP contribution in [0.15, 0.2) is 48.5 Å². The van der Waals surface area contributed by atoms with Crippen molar-refractivity contribution in [2.24, 2.45) is 0 Å². The van der Waals surface area contributed by atoms with Crippen LogP contribution >= 0.6 is 0 Å². The van der Waals surface area contributed by atoms with Crippen LogP contribution < -0.4 is 10.1 Å². The van der Waals surface area contributed by atoms with Crippen molar-refractivity contribution in [1.29, 1.82) is 0 Å². The summed E-state index contributed by atoms with van der Waals surface area (Å²) in [5.74, 6) is 0.914. The van der Waals surface area contributed by atoms with Crippen molar-refractivity contribution in [3.63, 3.8) is 0 Å². The standard InChI is InChI=1S/C26H36N2O3/c1-4-5-6-7-10-20-31-22-16-14-21(15-17-22)26(2)27-24-13-9-8-12-23(24)25(29)28(26)18-11-19-30-3/h8-9,12-17,27H,4-7,10-11,18-20H2,1-3H3. The van der Waals surface area contributed by atoms with Crippen molar-refractivity contribution in [2.45, 2.75) is 58.0 Å². The SMILES string of the molecule is CCCCCCCOc1ccc(C2(C)Nc3ccccc3C(=O)N2CCCOC)cc1. The Morgan fingerprint density at radius 3 is 2.42 bits per heavy atom. The van der Waals surface area contributed by atoms with Gasteiger partial charge in [0.2, 0.25) is 0 Å². The molecule has 5 heteroatoms. The van der Waals surface area contributed by atoms with E-state index in [0.29, 0.717) is 18.7 Å². The van der Waals surface area contributed by atoms with Gasteiger partial charge in [-0.05, 0) is 49.6 Å². The molecule has 5 nitrogen and oxygen atoms in total. The molecule has 1 unspecified atom stereocenters. The molecular weight excluding hydrogens is 388 g/mol. The Morgan fingerprint density at radius 2 is 1.68 bits per heavy atom. The maximum atomic E-state index is 13.3. The molecule has 3 rings (SSSR count). The van der Waals surface area contributed by atoms with Gasteiger partial charge in [-0.25, -0.2) is 0 Å². The van der Waals surface area contributed by atoms with Crippen molar-refractivity contribution < 1.29 is 14.3 Å². The number of ether oxygens (including phenoxy) is 2. The van der Waals surface area contributed by atoms with Crippen LogP contribution in [0, 0.1) is 0 Å². The second kappa shape index (κ2) is 11.2. The second-order valence-corrected chi connectivity index (χ2v) is 8.33. The van der Waals surface area contributed by atoms with Gasteiger partial charge in [0.1, 0.15) is 11.4 Å². The van der Waals surface area contributed by atoms with E-state index in [-0.39, 0.29) is 5.91 Å². The predicted molar refractivity (Wildman–Crippen MR) is 126 cm³/mol. The van der Waals surface area contributed by atoms with Crippen molar-refractivity contribution >= 4 is 11.6 Å². The van der Waals surface area contributed by atoms with Crippen LogP contribution in [0.3, 0.4) is 0 Å². The summed E-state index contributed by atoms with van der Waals surface area (Å²) in [4.78, 5) is 15.3. The molecule has 1 amide bonds. The fourth-order valence-corrected chi connectivity index (χ4v) is 4.15. The number of carbonyl (C=O) groups is 1. The first-order chi connectivity index (χ1) is 15.1. The van der Waals surface area contributed by atoms with E-state index in [2.05, 4.69) is 31.3 Å². The Morgan fingerprint density at radius 1 is 0.935 bits per heavy atom. The first-order valence-corrected chi connectivity index (χ1v) is 11.5. The highest BCUT2D eigenvalue weighted by Gasteiger charge is 2.42. The number of benzene rings is 2. The molecule has 1 N–H and O–H groups in total. The molecule has 1 aliphatic rings. The lowest BCUT2D eigenvalue weighted by Gasteiger charge is -2.47. The molecule has 0 fully saturated rings. The van der Waals surface area contributed by atoms with Gasteiger partial charge in [0.05, 0.1) is 12.2 Å². The lowest BCUT2D eigenvalue weighted by atomic mass is 9.93. The average Bonchev–Trinajstić information content (AvgIpc) is 2.79. The van der Waals surface area contributed by atoms with E-state index in [1.54, 1.807) is 7.11 Å². The number of anilines is 1. The highest BCUT2D eigenvalue weighted by molar-refractivity contribution is 6.02. The molecule has 0 saturated heterocycles. The van der Waals surface area contributed by atoms with Gasteiger partial charge in [-0.2, -0.15) is 0 Å². The molecular formula is C26H36N2O3. The average molecular weight is 425 g/mol. The number of nitrogens with one attached hydrogen (secondary N) is 1. The molecule has 1 atom stereocenters. The van der Waals surface area contributed by atoms with Crippen molar-refractivity contribution in [3.8, 4) is 5.75 Å². The van der Waals surface area contributed by atoms with Gasteiger partial charge < -0.3 is 19.7 Å². The first kappa shape index (κ1) is 23.1. The summed E-state index contributed by atoms with van der Waals surface area (Å²) in [6.45, 7) is 6.27. The molecule has 1 aliphatic heterocycles. The number of rotatable bonds is 12. The van der Waals surface area contributed by atoms with Crippen LogP contribution in [-0.2, 0) is 10.4 Å². The third-order valence-corrected chi connectivity index (χ3v) is 5.98. The summed E-state index contributed by atoms with van der Waals surface area (Å²) in [6.07, 6.45) is 6.90. The fourth-order valence-electron chi connectivity index (χ4n) is 4.15. The maximum Gasteiger partial charge on any atom is 0.258 e. The van der Waals surface area contributed by atoms with Crippen molar-refractivity contribution in [3.05, 3.63) is 59.7 Å². The van der Waals surface area contributed by atoms with E-state index >= 15 is 0 Å². The van der Waals surface area contributed by atoms with E-state index in [1.165, 1.54) is 25.7 Å². The third-order valence-electron chi connectivity index (χ3n) is 5.98. The van der Waals surface area contributed by atoms with Gasteiger partial charge in [0.15, 0.2) is 0 Å². The zero-order valence-electron chi connectivity index (χ0n) is 19.2. The lowest BCUT2D eigenvalue weighted by molar-refractivity contribution is 0.0504. The van der Waals surface area contributed by atoms with Crippen molar-refractivity contribution in [1.82, 2.24) is 4.90 Å². The third kappa shape index (κ3) is 5.59. The number of hydrogen-bond donors (Lipinski definition) is 1. The zero-order valence-corrected chi connectivity index (χ0v) is 19.2. The van der Waals surface area contributed by atoms with Crippen LogP contribution in [0.4, 0.5) is 5.69 Å². The monoisotopic (exact) mass is 424 g/mol. The van der Waals surface area contributed by atoms with Gasteiger partial charge in [0.25, 0.3) is 5.91 Å². The number of para-hydroxylation sites is 1. The molecule has 0 aliphatic carbocycles. The molecule has 0 radical (unpaired) electrons. The largest absolute Gasteiger partial charge is 0.494 e. The Balaban J connectivity index is 1.74. The maximum absolute atomic E-state index is 13.3. The van der Waals surface area contributed by atoms with Crippen LogP contribution in [0.25, 0.3) is 0 Å². The minimum Gasteiger partial charge on any atom is -0.494 e. The second-order valence-electron chi connectivity index (χ2n) is 8.33. The molecule has 2 aromatic rings. The van der Waals surface area contributed by atoms with E-state index in [9.17, 15) is 4.79 Å². The molecule has 0 spiro atoms. The highest BCUT2D eigenvalue weighted by Crippen LogP contribution is 2.38. The number of amides is 1. The summed E-state index contributed by atoms with van der Waals surface area (Å²) >= 11 is 0. The number of carbonyl (C=O) groups excluding carboxylic acids is 1. The van der Waals surface area contributed by atoms with E-state index in [0.717, 1.165) is 36.4 Å². The summed E-state index contributed by atoms with van der Waals surface area (Å²) in [5.41, 5.74) is 1.96.